The average Bonchev–Trinajstić information content (AvgIpc) is 2.45. The standard InChI is InChI=1S/C17H20O2/c1-14(2)17(13-15-9-5-3-6-10-15)19-18-16-11-7-4-8-12-16/h3-12,14,17H,13H2,1-2H3. The highest BCUT2D eigenvalue weighted by Gasteiger charge is 2.16. The van der Waals surface area contributed by atoms with Crippen molar-refractivity contribution in [3.63, 3.8) is 0 Å². The van der Waals surface area contributed by atoms with Crippen molar-refractivity contribution in [2.75, 3.05) is 0 Å². The highest BCUT2D eigenvalue weighted by molar-refractivity contribution is 5.20. The van der Waals surface area contributed by atoms with Crippen molar-refractivity contribution >= 4 is 0 Å². The third-order valence-corrected chi connectivity index (χ3v) is 3.03. The van der Waals surface area contributed by atoms with Gasteiger partial charge in [-0.05, 0) is 23.6 Å². The molecule has 19 heavy (non-hydrogen) atoms. The summed E-state index contributed by atoms with van der Waals surface area (Å²) < 4.78 is 0. The van der Waals surface area contributed by atoms with Crippen LogP contribution in [0.25, 0.3) is 0 Å². The fraction of sp³-hybridized carbons (Fsp3) is 0.294. The van der Waals surface area contributed by atoms with Crippen LogP contribution in [-0.4, -0.2) is 6.10 Å². The molecule has 2 aromatic rings. The van der Waals surface area contributed by atoms with Crippen LogP contribution in [0.5, 0.6) is 5.75 Å². The minimum absolute atomic E-state index is 0.0441. The van der Waals surface area contributed by atoms with Crippen LogP contribution in [0, 0.1) is 5.92 Å². The van der Waals surface area contributed by atoms with Gasteiger partial charge in [-0.2, -0.15) is 4.89 Å². The molecule has 0 saturated heterocycles. The summed E-state index contributed by atoms with van der Waals surface area (Å²) in [6.07, 6.45) is 0.897. The van der Waals surface area contributed by atoms with Crippen LogP contribution in [0.2, 0.25) is 0 Å². The van der Waals surface area contributed by atoms with Gasteiger partial charge in [0.25, 0.3) is 0 Å². The van der Waals surface area contributed by atoms with E-state index in [0.717, 1.165) is 12.2 Å². The van der Waals surface area contributed by atoms with Crippen LogP contribution in [0.3, 0.4) is 0 Å². The summed E-state index contributed by atoms with van der Waals surface area (Å²) in [7, 11) is 0. The van der Waals surface area contributed by atoms with Gasteiger partial charge in [-0.25, -0.2) is 0 Å². The maximum Gasteiger partial charge on any atom is 0.165 e. The first-order valence-electron chi connectivity index (χ1n) is 6.68. The summed E-state index contributed by atoms with van der Waals surface area (Å²) in [4.78, 5) is 11.0. The molecule has 0 saturated carbocycles. The van der Waals surface area contributed by atoms with Crippen LogP contribution in [0.4, 0.5) is 0 Å². The Morgan fingerprint density at radius 2 is 1.42 bits per heavy atom. The highest BCUT2D eigenvalue weighted by atomic mass is 17.2. The zero-order chi connectivity index (χ0) is 13.5. The van der Waals surface area contributed by atoms with E-state index in [9.17, 15) is 0 Å². The molecule has 2 rings (SSSR count). The molecule has 0 heterocycles. The monoisotopic (exact) mass is 256 g/mol. The van der Waals surface area contributed by atoms with Crippen LogP contribution in [0.1, 0.15) is 19.4 Å². The van der Waals surface area contributed by atoms with E-state index in [1.165, 1.54) is 5.56 Å². The lowest BCUT2D eigenvalue weighted by atomic mass is 9.99. The molecule has 2 aromatic carbocycles. The van der Waals surface area contributed by atoms with Gasteiger partial charge in [0.15, 0.2) is 5.75 Å². The van der Waals surface area contributed by atoms with E-state index in [1.807, 2.05) is 48.5 Å². The molecule has 0 spiro atoms. The Labute approximate surface area is 114 Å². The molecule has 1 unspecified atom stereocenters. The third-order valence-electron chi connectivity index (χ3n) is 3.03. The van der Waals surface area contributed by atoms with Crippen molar-refractivity contribution in [1.29, 1.82) is 0 Å². The molecule has 0 bridgehead atoms. The molecule has 2 nitrogen and oxygen atoms in total. The van der Waals surface area contributed by atoms with Gasteiger partial charge < -0.3 is 4.89 Å². The number of benzene rings is 2. The quantitative estimate of drug-likeness (QED) is 0.568. The van der Waals surface area contributed by atoms with E-state index in [4.69, 9.17) is 9.78 Å². The molecule has 0 amide bonds. The minimum atomic E-state index is 0.0441. The van der Waals surface area contributed by atoms with Crippen molar-refractivity contribution < 1.29 is 9.78 Å². The lowest BCUT2D eigenvalue weighted by Crippen LogP contribution is -2.24. The second kappa shape index (κ2) is 6.95. The normalized spacial score (nSPS) is 12.4. The average molecular weight is 256 g/mol. The highest BCUT2D eigenvalue weighted by Crippen LogP contribution is 2.16. The van der Waals surface area contributed by atoms with Gasteiger partial charge in [-0.1, -0.05) is 62.4 Å². The molecule has 0 aliphatic carbocycles. The molecule has 2 heteroatoms. The summed E-state index contributed by atoms with van der Waals surface area (Å²) >= 11 is 0. The molecular formula is C17H20O2. The summed E-state index contributed by atoms with van der Waals surface area (Å²) in [5, 5.41) is 0. The predicted octanol–water partition coefficient (Wildman–Crippen LogP) is 4.26. The predicted molar refractivity (Wildman–Crippen MR) is 76.9 cm³/mol. The van der Waals surface area contributed by atoms with Crippen LogP contribution < -0.4 is 4.89 Å². The van der Waals surface area contributed by atoms with Crippen LogP contribution in [0.15, 0.2) is 60.7 Å². The summed E-state index contributed by atoms with van der Waals surface area (Å²) in [5.74, 6) is 1.13. The molecule has 0 fully saturated rings. The smallest absolute Gasteiger partial charge is 0.165 e. The topological polar surface area (TPSA) is 18.5 Å². The molecular weight excluding hydrogens is 236 g/mol. The molecule has 0 N–H and O–H groups in total. The summed E-state index contributed by atoms with van der Waals surface area (Å²) in [6.45, 7) is 4.28. The Bertz CT molecular complexity index is 465. The molecule has 0 aromatic heterocycles. The Morgan fingerprint density at radius 3 is 2.00 bits per heavy atom. The van der Waals surface area contributed by atoms with Crippen molar-refractivity contribution in [3.05, 3.63) is 66.2 Å². The lowest BCUT2D eigenvalue weighted by molar-refractivity contribution is -0.254. The minimum Gasteiger partial charge on any atom is -0.337 e. The van der Waals surface area contributed by atoms with Gasteiger partial charge in [0.1, 0.15) is 6.10 Å². The van der Waals surface area contributed by atoms with E-state index in [2.05, 4.69) is 26.0 Å². The van der Waals surface area contributed by atoms with Gasteiger partial charge in [-0.15, -0.1) is 0 Å². The number of rotatable bonds is 6. The van der Waals surface area contributed by atoms with Crippen molar-refractivity contribution in [3.8, 4) is 5.75 Å². The molecule has 1 atom stereocenters. The second-order valence-corrected chi connectivity index (χ2v) is 4.96. The maximum absolute atomic E-state index is 5.59. The fourth-order valence-corrected chi connectivity index (χ4v) is 1.82. The number of hydrogen-bond acceptors (Lipinski definition) is 2. The molecule has 0 aliphatic heterocycles. The summed E-state index contributed by atoms with van der Waals surface area (Å²) in [6, 6.07) is 19.9. The van der Waals surface area contributed by atoms with Gasteiger partial charge in [0.05, 0.1) is 0 Å². The first-order chi connectivity index (χ1) is 9.25. The Kier molecular flexibility index (Phi) is 4.99. The van der Waals surface area contributed by atoms with Gasteiger partial charge in [0.2, 0.25) is 0 Å². The largest absolute Gasteiger partial charge is 0.337 e. The van der Waals surface area contributed by atoms with Crippen LogP contribution in [-0.2, 0) is 11.3 Å². The van der Waals surface area contributed by atoms with E-state index in [1.54, 1.807) is 0 Å². The Hall–Kier alpha value is -1.80. The fourth-order valence-electron chi connectivity index (χ4n) is 1.82. The summed E-state index contributed by atoms with van der Waals surface area (Å²) in [5.41, 5.74) is 1.26. The number of hydrogen-bond donors (Lipinski definition) is 0. The van der Waals surface area contributed by atoms with E-state index < -0.39 is 0 Å². The van der Waals surface area contributed by atoms with E-state index >= 15 is 0 Å². The first-order valence-corrected chi connectivity index (χ1v) is 6.68. The molecule has 0 radical (unpaired) electrons. The van der Waals surface area contributed by atoms with Gasteiger partial charge in [0, 0.05) is 6.42 Å². The van der Waals surface area contributed by atoms with Gasteiger partial charge in [-0.3, -0.25) is 0 Å². The van der Waals surface area contributed by atoms with Crippen molar-refractivity contribution in [2.45, 2.75) is 26.4 Å². The zero-order valence-electron chi connectivity index (χ0n) is 11.5. The van der Waals surface area contributed by atoms with E-state index in [-0.39, 0.29) is 6.10 Å². The SMILES string of the molecule is CC(C)C(Cc1ccccc1)OOc1ccccc1. The second-order valence-electron chi connectivity index (χ2n) is 4.96. The van der Waals surface area contributed by atoms with Gasteiger partial charge >= 0.3 is 0 Å². The zero-order valence-corrected chi connectivity index (χ0v) is 11.5. The van der Waals surface area contributed by atoms with Crippen molar-refractivity contribution in [2.24, 2.45) is 5.92 Å². The molecule has 0 aliphatic rings. The lowest BCUT2D eigenvalue weighted by Gasteiger charge is -2.20. The molecule has 100 valence electrons. The van der Waals surface area contributed by atoms with Crippen molar-refractivity contribution in [1.82, 2.24) is 0 Å². The Morgan fingerprint density at radius 1 is 0.842 bits per heavy atom. The maximum atomic E-state index is 5.59. The number of para-hydroxylation sites is 1. The van der Waals surface area contributed by atoms with E-state index in [0.29, 0.717) is 5.92 Å². The first kappa shape index (κ1) is 13.6. The van der Waals surface area contributed by atoms with Crippen LogP contribution >= 0.6 is 0 Å². The Balaban J connectivity index is 1.93. The third kappa shape index (κ3) is 4.42.